The molecule has 0 saturated heterocycles. The highest BCUT2D eigenvalue weighted by atomic mass is 19.1. The molecule has 1 atom stereocenters. The van der Waals surface area contributed by atoms with Crippen molar-refractivity contribution in [1.29, 1.82) is 5.26 Å². The van der Waals surface area contributed by atoms with E-state index in [0.717, 1.165) is 11.0 Å². The number of nitrogens with one attached hydrogen (secondary N) is 1. The lowest BCUT2D eigenvalue weighted by molar-refractivity contribution is -0.119. The summed E-state index contributed by atoms with van der Waals surface area (Å²) in [5.74, 6) is -2.28. The smallest absolute Gasteiger partial charge is 0.413 e. The minimum absolute atomic E-state index is 0.0330. The van der Waals surface area contributed by atoms with Crippen LogP contribution in [0.15, 0.2) is 30.6 Å². The first-order chi connectivity index (χ1) is 16.2. The van der Waals surface area contributed by atoms with Gasteiger partial charge in [0.2, 0.25) is 11.9 Å². The quantitative estimate of drug-likeness (QED) is 0.524. The van der Waals surface area contributed by atoms with Crippen LogP contribution >= 0.6 is 0 Å². The first kappa shape index (κ1) is 22.7. The third-order valence-electron chi connectivity index (χ3n) is 5.56. The number of halogens is 2. The Morgan fingerprint density at radius 3 is 2.62 bits per heavy atom. The van der Waals surface area contributed by atoms with E-state index in [1.54, 1.807) is 0 Å². The minimum Gasteiger partial charge on any atom is -0.465 e. The highest BCUT2D eigenvalue weighted by molar-refractivity contribution is 5.99. The second kappa shape index (κ2) is 8.47. The lowest BCUT2D eigenvalue weighted by atomic mass is 10.1. The summed E-state index contributed by atoms with van der Waals surface area (Å²) in [6, 6.07) is 4.71. The second-order valence-electron chi connectivity index (χ2n) is 7.83. The molecule has 0 bridgehead atoms. The molecular formula is C21H18F2N8O3. The molecule has 1 fully saturated rings. The van der Waals surface area contributed by atoms with Gasteiger partial charge in [-0.3, -0.25) is 14.7 Å². The van der Waals surface area contributed by atoms with E-state index in [4.69, 9.17) is 5.26 Å². The van der Waals surface area contributed by atoms with E-state index in [0.29, 0.717) is 24.7 Å². The number of rotatable bonds is 6. The molecule has 1 aliphatic rings. The zero-order chi connectivity index (χ0) is 24.6. The Kier molecular flexibility index (Phi) is 5.66. The Morgan fingerprint density at radius 1 is 1.29 bits per heavy atom. The third kappa shape index (κ3) is 4.01. The van der Waals surface area contributed by atoms with Gasteiger partial charge >= 0.3 is 6.09 Å². The summed E-state index contributed by atoms with van der Waals surface area (Å²) in [5, 5.41) is 29.5. The van der Waals surface area contributed by atoms with Crippen molar-refractivity contribution in [2.75, 3.05) is 10.2 Å². The van der Waals surface area contributed by atoms with Crippen LogP contribution in [0.5, 0.6) is 0 Å². The molecule has 13 heteroatoms. The predicted molar refractivity (Wildman–Crippen MR) is 113 cm³/mol. The van der Waals surface area contributed by atoms with Crippen LogP contribution in [0.25, 0.3) is 11.4 Å². The van der Waals surface area contributed by atoms with Crippen LogP contribution in [-0.4, -0.2) is 42.1 Å². The maximum atomic E-state index is 14.3. The molecule has 3 aromatic rings. The molecule has 34 heavy (non-hydrogen) atoms. The van der Waals surface area contributed by atoms with Crippen molar-refractivity contribution in [1.82, 2.24) is 25.0 Å². The van der Waals surface area contributed by atoms with Crippen LogP contribution in [0.1, 0.15) is 31.4 Å². The summed E-state index contributed by atoms with van der Waals surface area (Å²) >= 11 is 0. The maximum absolute atomic E-state index is 14.3. The summed E-state index contributed by atoms with van der Waals surface area (Å²) in [6.45, 7) is 1.37. The summed E-state index contributed by atoms with van der Waals surface area (Å²) < 4.78 is 29.1. The summed E-state index contributed by atoms with van der Waals surface area (Å²) in [7, 11) is 1.44. The van der Waals surface area contributed by atoms with Crippen molar-refractivity contribution in [3.8, 4) is 17.5 Å². The fraction of sp³-hybridized carbons (Fsp3) is 0.286. The molecule has 11 nitrogen and oxygen atoms in total. The molecule has 0 spiro atoms. The van der Waals surface area contributed by atoms with Gasteiger partial charge in [0, 0.05) is 12.6 Å². The van der Waals surface area contributed by atoms with Gasteiger partial charge in [0.15, 0.2) is 11.5 Å². The summed E-state index contributed by atoms with van der Waals surface area (Å²) in [4.78, 5) is 32.8. The Hall–Kier alpha value is -4.47. The zero-order valence-corrected chi connectivity index (χ0v) is 18.0. The Bertz CT molecular complexity index is 1310. The number of nitrogens with zero attached hydrogens (tertiary/aromatic N) is 7. The van der Waals surface area contributed by atoms with Gasteiger partial charge in [-0.1, -0.05) is 5.21 Å². The van der Waals surface area contributed by atoms with Crippen LogP contribution in [0.2, 0.25) is 0 Å². The third-order valence-corrected chi connectivity index (χ3v) is 5.56. The molecule has 3 aromatic heterocycles. The molecule has 2 N–H and O–H groups in total. The number of carbonyl (C=O) groups is 2. The number of carbonyl (C=O) groups excluding carboxylic acids is 1. The topological polar surface area (TPSA) is 150 Å². The van der Waals surface area contributed by atoms with Gasteiger partial charge in [0.1, 0.15) is 11.2 Å². The maximum Gasteiger partial charge on any atom is 0.413 e. The SMILES string of the molecule is C[C@H](c1cc(F)cnc1F)N(C(=O)O)c1c(-c2ccc(NC(=O)C3(C#N)CC3)cn2)nnn1C. The minimum atomic E-state index is -1.46. The van der Waals surface area contributed by atoms with Crippen molar-refractivity contribution in [2.45, 2.75) is 25.8 Å². The summed E-state index contributed by atoms with van der Waals surface area (Å²) in [5.41, 5.74) is -0.645. The second-order valence-corrected chi connectivity index (χ2v) is 7.83. The largest absolute Gasteiger partial charge is 0.465 e. The van der Waals surface area contributed by atoms with Gasteiger partial charge in [-0.2, -0.15) is 9.65 Å². The van der Waals surface area contributed by atoms with E-state index in [-0.39, 0.29) is 22.8 Å². The highest BCUT2D eigenvalue weighted by Gasteiger charge is 2.50. The molecule has 3 heterocycles. The predicted octanol–water partition coefficient (Wildman–Crippen LogP) is 3.04. The van der Waals surface area contributed by atoms with E-state index in [1.165, 1.54) is 37.0 Å². The lowest BCUT2D eigenvalue weighted by Crippen LogP contribution is -2.34. The normalized spacial score (nSPS) is 14.7. The molecule has 2 amide bonds. The van der Waals surface area contributed by atoms with Gasteiger partial charge in [-0.25, -0.2) is 18.9 Å². The molecule has 4 rings (SSSR count). The Morgan fingerprint density at radius 2 is 2.03 bits per heavy atom. The monoisotopic (exact) mass is 468 g/mol. The molecular weight excluding hydrogens is 450 g/mol. The fourth-order valence-corrected chi connectivity index (χ4v) is 3.47. The number of carboxylic acid groups (broad SMARTS) is 1. The molecule has 0 aliphatic heterocycles. The molecule has 1 saturated carbocycles. The van der Waals surface area contributed by atoms with Crippen LogP contribution in [-0.2, 0) is 11.8 Å². The van der Waals surface area contributed by atoms with Gasteiger partial charge in [-0.05, 0) is 38.0 Å². The van der Waals surface area contributed by atoms with E-state index < -0.39 is 35.2 Å². The van der Waals surface area contributed by atoms with Crippen LogP contribution in [0.3, 0.4) is 0 Å². The number of nitriles is 1. The first-order valence-corrected chi connectivity index (χ1v) is 10.1. The fourth-order valence-electron chi connectivity index (χ4n) is 3.47. The molecule has 0 aromatic carbocycles. The standard InChI is InChI=1S/C21H18F2N8O3/c1-11(14-7-12(22)8-26-17(14)23)31(20(33)34)18-16(28-29-30(18)2)15-4-3-13(9-25-15)27-19(32)21(10-24)5-6-21/h3-4,7-9,11H,5-6H2,1-2H3,(H,27,32)(H,33,34)/t11-/m1/s1. The molecule has 1 aliphatic carbocycles. The average Bonchev–Trinajstić information content (AvgIpc) is 3.54. The van der Waals surface area contributed by atoms with E-state index in [1.807, 2.05) is 6.07 Å². The Labute approximate surface area is 191 Å². The molecule has 0 unspecified atom stereocenters. The summed E-state index contributed by atoms with van der Waals surface area (Å²) in [6.07, 6.45) is 1.56. The number of hydrogen-bond acceptors (Lipinski definition) is 7. The van der Waals surface area contributed by atoms with Crippen molar-refractivity contribution >= 4 is 23.5 Å². The number of anilines is 2. The van der Waals surface area contributed by atoms with E-state index in [2.05, 4.69) is 25.6 Å². The number of hydrogen-bond donors (Lipinski definition) is 2. The van der Waals surface area contributed by atoms with Gasteiger partial charge in [-0.15, -0.1) is 5.10 Å². The highest BCUT2D eigenvalue weighted by Crippen LogP contribution is 2.45. The van der Waals surface area contributed by atoms with Crippen LogP contribution in [0, 0.1) is 28.5 Å². The first-order valence-electron chi connectivity index (χ1n) is 10.1. The van der Waals surface area contributed by atoms with E-state index >= 15 is 0 Å². The lowest BCUT2D eigenvalue weighted by Gasteiger charge is -2.26. The van der Waals surface area contributed by atoms with Gasteiger partial charge < -0.3 is 10.4 Å². The van der Waals surface area contributed by atoms with Crippen molar-refractivity contribution in [2.24, 2.45) is 12.5 Å². The molecule has 174 valence electrons. The zero-order valence-electron chi connectivity index (χ0n) is 18.0. The molecule has 0 radical (unpaired) electrons. The van der Waals surface area contributed by atoms with Gasteiger partial charge in [0.25, 0.3) is 0 Å². The van der Waals surface area contributed by atoms with Crippen molar-refractivity contribution in [3.63, 3.8) is 0 Å². The van der Waals surface area contributed by atoms with Crippen LogP contribution < -0.4 is 10.2 Å². The van der Waals surface area contributed by atoms with Crippen molar-refractivity contribution in [3.05, 3.63) is 47.9 Å². The number of aryl methyl sites for hydroxylation is 1. The van der Waals surface area contributed by atoms with E-state index in [9.17, 15) is 23.5 Å². The van der Waals surface area contributed by atoms with Gasteiger partial charge in [0.05, 0.1) is 35.9 Å². The number of amides is 2. The van der Waals surface area contributed by atoms with Crippen molar-refractivity contribution < 1.29 is 23.5 Å². The number of pyridine rings is 2. The number of aromatic nitrogens is 5. The van der Waals surface area contributed by atoms with Crippen LogP contribution in [0.4, 0.5) is 25.1 Å². The Balaban J connectivity index is 1.67. The average molecular weight is 468 g/mol.